The molecule has 2 atom stereocenters. The molecule has 5 rings (SSSR count). The van der Waals surface area contributed by atoms with Crippen LogP contribution in [0.3, 0.4) is 0 Å². The van der Waals surface area contributed by atoms with Gasteiger partial charge in [0.2, 0.25) is 5.91 Å². The fourth-order valence-electron chi connectivity index (χ4n) is 4.73. The summed E-state index contributed by atoms with van der Waals surface area (Å²) in [4.78, 5) is 23.1. The highest BCUT2D eigenvalue weighted by atomic mass is 32.1. The van der Waals surface area contributed by atoms with Crippen LogP contribution in [0.15, 0.2) is 79.3 Å². The van der Waals surface area contributed by atoms with E-state index in [0.717, 1.165) is 28.5 Å². The lowest BCUT2D eigenvalue weighted by molar-refractivity contribution is -0.115. The number of rotatable bonds is 7. The Labute approximate surface area is 221 Å². The summed E-state index contributed by atoms with van der Waals surface area (Å²) in [5, 5.41) is 6.98. The number of methoxy groups -OCH3 is 1. The molecule has 9 heteroatoms. The molecule has 0 spiro atoms. The maximum Gasteiger partial charge on any atom is 0.224 e. The molecule has 2 unspecified atom stereocenters. The highest BCUT2D eigenvalue weighted by Gasteiger charge is 2.42. The molecule has 0 aliphatic carbocycles. The lowest BCUT2D eigenvalue weighted by Gasteiger charge is -2.29. The second-order valence-corrected chi connectivity index (χ2v) is 9.12. The number of amides is 1. The van der Waals surface area contributed by atoms with Crippen molar-refractivity contribution in [1.82, 2.24) is 19.9 Å². The van der Waals surface area contributed by atoms with Crippen LogP contribution in [0.5, 0.6) is 5.75 Å². The Balaban J connectivity index is 1.65. The van der Waals surface area contributed by atoms with Crippen molar-refractivity contribution in [1.29, 1.82) is 0 Å². The van der Waals surface area contributed by atoms with Gasteiger partial charge in [-0.05, 0) is 67.7 Å². The molecule has 0 saturated carbocycles. The topological polar surface area (TPSA) is 84.3 Å². The van der Waals surface area contributed by atoms with Crippen molar-refractivity contribution in [3.8, 4) is 11.4 Å². The van der Waals surface area contributed by atoms with E-state index in [-0.39, 0.29) is 18.0 Å². The van der Waals surface area contributed by atoms with Gasteiger partial charge >= 0.3 is 0 Å². The fourth-order valence-corrected chi connectivity index (χ4v) is 5.08. The van der Waals surface area contributed by atoms with Crippen LogP contribution in [-0.2, 0) is 4.79 Å². The molecule has 1 fully saturated rings. The van der Waals surface area contributed by atoms with Gasteiger partial charge in [0.25, 0.3) is 0 Å². The van der Waals surface area contributed by atoms with Crippen LogP contribution in [0.2, 0.25) is 0 Å². The van der Waals surface area contributed by atoms with Crippen molar-refractivity contribution in [2.45, 2.75) is 32.4 Å². The summed E-state index contributed by atoms with van der Waals surface area (Å²) in [6.45, 7) is 3.89. The van der Waals surface area contributed by atoms with Crippen molar-refractivity contribution in [3.05, 3.63) is 96.3 Å². The molecule has 1 amide bonds. The molecule has 37 heavy (non-hydrogen) atoms. The van der Waals surface area contributed by atoms with Crippen LogP contribution in [0, 0.1) is 6.92 Å². The van der Waals surface area contributed by atoms with Crippen molar-refractivity contribution < 1.29 is 9.53 Å². The molecule has 0 bridgehead atoms. The number of carbonyl (C=O) groups excluding carboxylic acids is 1. The highest BCUT2D eigenvalue weighted by molar-refractivity contribution is 7.80. The third-order valence-corrected chi connectivity index (χ3v) is 6.78. The van der Waals surface area contributed by atoms with Gasteiger partial charge < -0.3 is 24.8 Å². The number of thiocarbonyl (C=S) groups is 1. The number of nitrogens with zero attached hydrogens (tertiary/aromatic N) is 4. The standard InChI is InChI=1S/C28H28N6O2S/c1-4-25(35)31-21-12-11-19(16-24(21)36-3)34-27(26(32-28(34)37)22-9-5-6-15-30-22)23-13-10-18(2)33(23)20-8-7-14-29-17-20/h5-17,26-27H,4H2,1-3H3,(H,31,35)(H,32,37). The number of hydrogen-bond donors (Lipinski definition) is 2. The van der Waals surface area contributed by atoms with Gasteiger partial charge in [0, 0.05) is 42.0 Å². The third kappa shape index (κ3) is 4.65. The summed E-state index contributed by atoms with van der Waals surface area (Å²) >= 11 is 5.90. The van der Waals surface area contributed by atoms with Crippen LogP contribution >= 0.6 is 12.2 Å². The number of ether oxygens (including phenoxy) is 1. The van der Waals surface area contributed by atoms with Crippen LogP contribution < -0.4 is 20.3 Å². The molecule has 1 saturated heterocycles. The largest absolute Gasteiger partial charge is 0.494 e. The van der Waals surface area contributed by atoms with Crippen LogP contribution in [0.4, 0.5) is 11.4 Å². The minimum Gasteiger partial charge on any atom is -0.494 e. The first-order valence-electron chi connectivity index (χ1n) is 12.1. The second-order valence-electron chi connectivity index (χ2n) is 8.73. The Morgan fingerprint density at radius 3 is 2.68 bits per heavy atom. The number of hydrogen-bond acceptors (Lipinski definition) is 5. The zero-order chi connectivity index (χ0) is 25.9. The van der Waals surface area contributed by atoms with E-state index in [1.165, 1.54) is 0 Å². The lowest BCUT2D eigenvalue weighted by atomic mass is 10.0. The number of aryl methyl sites for hydroxylation is 1. The van der Waals surface area contributed by atoms with E-state index in [0.29, 0.717) is 23.0 Å². The van der Waals surface area contributed by atoms with E-state index in [4.69, 9.17) is 17.0 Å². The number of anilines is 2. The molecular weight excluding hydrogens is 484 g/mol. The first kappa shape index (κ1) is 24.5. The van der Waals surface area contributed by atoms with Gasteiger partial charge in [0.1, 0.15) is 11.8 Å². The van der Waals surface area contributed by atoms with Gasteiger partial charge in [-0.1, -0.05) is 13.0 Å². The Kier molecular flexibility index (Phi) is 6.87. The van der Waals surface area contributed by atoms with Crippen LogP contribution in [0.1, 0.15) is 42.5 Å². The van der Waals surface area contributed by atoms with Crippen molar-refractivity contribution in [2.24, 2.45) is 0 Å². The fraction of sp³-hybridized carbons (Fsp3) is 0.214. The normalized spacial score (nSPS) is 16.9. The maximum absolute atomic E-state index is 12.0. The average molecular weight is 513 g/mol. The minimum atomic E-state index is -0.225. The number of pyridine rings is 2. The van der Waals surface area contributed by atoms with Gasteiger partial charge in [-0.2, -0.15) is 0 Å². The van der Waals surface area contributed by atoms with Gasteiger partial charge in [-0.15, -0.1) is 0 Å². The summed E-state index contributed by atoms with van der Waals surface area (Å²) in [7, 11) is 1.59. The molecule has 4 aromatic rings. The smallest absolute Gasteiger partial charge is 0.224 e. The van der Waals surface area contributed by atoms with Crippen LogP contribution in [0.25, 0.3) is 5.69 Å². The van der Waals surface area contributed by atoms with E-state index < -0.39 is 0 Å². The Morgan fingerprint density at radius 2 is 1.97 bits per heavy atom. The molecule has 0 radical (unpaired) electrons. The van der Waals surface area contributed by atoms with E-state index in [1.54, 1.807) is 19.5 Å². The number of carbonyl (C=O) groups is 1. The highest BCUT2D eigenvalue weighted by Crippen LogP contribution is 2.44. The Hall–Kier alpha value is -4.24. The number of benzene rings is 1. The Bertz CT molecular complexity index is 1420. The Morgan fingerprint density at radius 1 is 1.11 bits per heavy atom. The van der Waals surface area contributed by atoms with Crippen LogP contribution in [-0.4, -0.2) is 32.7 Å². The van der Waals surface area contributed by atoms with Crippen molar-refractivity contribution >= 4 is 34.6 Å². The first-order valence-corrected chi connectivity index (χ1v) is 12.5. The van der Waals surface area contributed by atoms with Gasteiger partial charge in [-0.25, -0.2) is 0 Å². The summed E-state index contributed by atoms with van der Waals surface area (Å²) in [5.74, 6) is 0.475. The third-order valence-electron chi connectivity index (χ3n) is 6.47. The molecular formula is C28H28N6O2S. The molecule has 1 aliphatic heterocycles. The zero-order valence-electron chi connectivity index (χ0n) is 20.9. The molecule has 8 nitrogen and oxygen atoms in total. The molecule has 188 valence electrons. The van der Waals surface area contributed by atoms with Gasteiger partial charge in [0.15, 0.2) is 5.11 Å². The van der Waals surface area contributed by atoms with E-state index in [2.05, 4.69) is 49.1 Å². The molecule has 2 N–H and O–H groups in total. The number of nitrogens with one attached hydrogen (secondary N) is 2. The average Bonchev–Trinajstić information content (AvgIpc) is 3.48. The SMILES string of the molecule is CCC(=O)Nc1ccc(N2C(=S)NC(c3ccccn3)C2c2ccc(C)n2-c2cccnc2)cc1OC. The molecule has 4 heterocycles. The summed E-state index contributed by atoms with van der Waals surface area (Å²) in [5.41, 5.74) is 5.42. The van der Waals surface area contributed by atoms with Gasteiger partial charge in [-0.3, -0.25) is 14.8 Å². The summed E-state index contributed by atoms with van der Waals surface area (Å²) in [6.07, 6.45) is 5.79. The molecule has 3 aromatic heterocycles. The summed E-state index contributed by atoms with van der Waals surface area (Å²) < 4.78 is 7.84. The van der Waals surface area contributed by atoms with E-state index in [9.17, 15) is 4.79 Å². The van der Waals surface area contributed by atoms with Crippen molar-refractivity contribution in [3.63, 3.8) is 0 Å². The lowest BCUT2D eigenvalue weighted by Crippen LogP contribution is -2.30. The van der Waals surface area contributed by atoms with Gasteiger partial charge in [0.05, 0.1) is 36.4 Å². The molecule has 1 aromatic carbocycles. The van der Waals surface area contributed by atoms with E-state index >= 15 is 0 Å². The first-order chi connectivity index (χ1) is 18.0. The second kappa shape index (κ2) is 10.4. The minimum absolute atomic E-state index is 0.0812. The van der Waals surface area contributed by atoms with E-state index in [1.807, 2.05) is 61.7 Å². The maximum atomic E-state index is 12.0. The molecule has 1 aliphatic rings. The quantitative estimate of drug-likeness (QED) is 0.333. The van der Waals surface area contributed by atoms with Crippen molar-refractivity contribution in [2.75, 3.05) is 17.3 Å². The predicted octanol–water partition coefficient (Wildman–Crippen LogP) is 5.11. The zero-order valence-corrected chi connectivity index (χ0v) is 21.7. The number of aromatic nitrogens is 3. The summed E-state index contributed by atoms with van der Waals surface area (Å²) in [6, 6.07) is 19.3. The monoisotopic (exact) mass is 512 g/mol. The predicted molar refractivity (Wildman–Crippen MR) is 148 cm³/mol.